The first-order chi connectivity index (χ1) is 35.9. The fraction of sp³-hybridized carbons (Fsp3) is 0.474. The zero-order valence-corrected chi connectivity index (χ0v) is 46.0. The smallest absolute Gasteiger partial charge is 0.343 e. The Morgan fingerprint density at radius 2 is 1.16 bits per heavy atom. The fourth-order valence-corrected chi connectivity index (χ4v) is 15.9. The molecular formula is C57H70N4O12Si2. The lowest BCUT2D eigenvalue weighted by Gasteiger charge is -2.31. The molecule has 2 atom stereocenters. The van der Waals surface area contributed by atoms with E-state index >= 15 is 0 Å². The minimum atomic E-state index is -1.83. The largest absolute Gasteiger partial charge is 0.458 e. The number of aliphatic hydroxyl groups is 4. The molecule has 75 heavy (non-hydrogen) atoms. The number of benzene rings is 2. The first-order valence-electron chi connectivity index (χ1n) is 26.5. The van der Waals surface area contributed by atoms with E-state index in [9.17, 15) is 34.5 Å². The molecule has 0 spiro atoms. The molecule has 0 radical (unpaired) electrons. The van der Waals surface area contributed by atoms with Crippen LogP contribution >= 0.6 is 0 Å². The van der Waals surface area contributed by atoms with E-state index in [2.05, 4.69) is 32.3 Å². The molecule has 0 bridgehead atoms. The second-order valence-electron chi connectivity index (χ2n) is 22.0. The standard InChI is InChI=1S/C27H32N2O5Si.C20H16N2O4.C10H22O3Si/c1-4-27(33)21-14-23-24-19(15-29(23)25(31)20(21)16-34-26(27)32)17(10-13-35(2,3)12-7-11-30)18-8-5-6-9-22(18)28-24;1-2-20(25)14-8-16-17-12(7-11-5-3-4-6-15(11)21-17)9-22(16)18(23)13(14)10-26-19(20)24;1-14(2,8-3-5-11)9-4-10-12-6-7-13-10/h5-6,8-9,14,30,33H,4,7,10-13,15-16H2,1-3H3;3-8,25H,2,9-10H2,1H3;10-11H,3-9H2,1-2H3/t27-;20-;/m00./s1. The van der Waals surface area contributed by atoms with Crippen molar-refractivity contribution in [2.24, 2.45) is 0 Å². The van der Waals surface area contributed by atoms with Crippen LogP contribution in [0.25, 0.3) is 44.6 Å². The first-order valence-corrected chi connectivity index (χ1v) is 33.3. The van der Waals surface area contributed by atoms with Crippen LogP contribution < -0.4 is 11.1 Å². The van der Waals surface area contributed by atoms with Crippen molar-refractivity contribution in [2.75, 3.05) is 26.4 Å². The third-order valence-corrected chi connectivity index (χ3v) is 22.6. The molecular weight excluding hydrogens is 989 g/mol. The van der Waals surface area contributed by atoms with Crippen molar-refractivity contribution < 1.29 is 49.0 Å². The van der Waals surface area contributed by atoms with Crippen molar-refractivity contribution >= 4 is 49.9 Å². The third kappa shape index (κ3) is 10.5. The average Bonchev–Trinajstić information content (AvgIpc) is 4.16. The van der Waals surface area contributed by atoms with Crippen molar-refractivity contribution in [3.05, 3.63) is 126 Å². The fourth-order valence-electron chi connectivity index (χ4n) is 11.2. The van der Waals surface area contributed by atoms with Crippen molar-refractivity contribution in [1.82, 2.24) is 19.1 Å². The van der Waals surface area contributed by atoms with Gasteiger partial charge < -0.3 is 48.5 Å². The quantitative estimate of drug-likeness (QED) is 0.0608. The predicted octanol–water partition coefficient (Wildman–Crippen LogP) is 7.63. The molecule has 1 saturated heterocycles. The Hall–Kier alpha value is -5.71. The molecule has 0 amide bonds. The highest BCUT2D eigenvalue weighted by Crippen LogP contribution is 2.42. The van der Waals surface area contributed by atoms with E-state index in [-0.39, 0.29) is 50.1 Å². The normalized spacial score (nSPS) is 19.4. The average molecular weight is 1060 g/mol. The van der Waals surface area contributed by atoms with Gasteiger partial charge in [-0.1, -0.05) is 101 Å². The molecule has 5 aliphatic rings. The molecule has 0 unspecified atom stereocenters. The molecule has 2 aromatic carbocycles. The number of ether oxygens (including phenoxy) is 4. The summed E-state index contributed by atoms with van der Waals surface area (Å²) in [5.41, 5.74) is 4.98. The number of pyridine rings is 4. The van der Waals surface area contributed by atoms with E-state index in [1.807, 2.05) is 48.5 Å². The Balaban J connectivity index is 0.000000151. The van der Waals surface area contributed by atoms with Gasteiger partial charge in [0.25, 0.3) is 11.1 Å². The van der Waals surface area contributed by atoms with Crippen LogP contribution in [-0.2, 0) is 72.5 Å². The van der Waals surface area contributed by atoms with Crippen molar-refractivity contribution in [1.29, 1.82) is 0 Å². The number of carbonyl (C=O) groups is 2. The van der Waals surface area contributed by atoms with Gasteiger partial charge in [0.15, 0.2) is 17.5 Å². The SMILES string of the molecule is CC[C@@]1(O)C(=O)OCc2c1cc1n(c2=O)Cc2c-1nc1ccccc1c2CC[Si](C)(C)CCCO.CC[C@@]1(O)C(=O)OCc2c1cc1n(c2=O)Cc2cc3ccccc3nc2-1.C[Si](C)(CCCO)CCC1OCCO1. The van der Waals surface area contributed by atoms with Gasteiger partial charge in [0.05, 0.1) is 71.2 Å². The number of hydrogen-bond donors (Lipinski definition) is 4. The van der Waals surface area contributed by atoms with Gasteiger partial charge in [0.1, 0.15) is 13.2 Å². The zero-order chi connectivity index (χ0) is 53.5. The van der Waals surface area contributed by atoms with E-state index in [0.717, 1.165) is 95.3 Å². The highest BCUT2D eigenvalue weighted by atomic mass is 28.3. The van der Waals surface area contributed by atoms with Gasteiger partial charge in [0, 0.05) is 62.4 Å². The number of para-hydroxylation sites is 2. The zero-order valence-electron chi connectivity index (χ0n) is 44.0. The topological polar surface area (TPSA) is 222 Å². The molecule has 18 heteroatoms. The summed E-state index contributed by atoms with van der Waals surface area (Å²) in [7, 11) is -2.62. The molecule has 4 aromatic heterocycles. The summed E-state index contributed by atoms with van der Waals surface area (Å²) in [6.07, 6.45) is 4.02. The summed E-state index contributed by atoms with van der Waals surface area (Å²) in [5.74, 6) is -1.42. The Bertz CT molecular complexity index is 3290. The number of esters is 2. The number of rotatable bonds is 14. The molecule has 16 nitrogen and oxygen atoms in total. The lowest BCUT2D eigenvalue weighted by atomic mass is 9.86. The van der Waals surface area contributed by atoms with E-state index in [1.165, 1.54) is 17.7 Å². The molecule has 0 aliphatic carbocycles. The lowest BCUT2D eigenvalue weighted by molar-refractivity contribution is -0.172. The summed E-state index contributed by atoms with van der Waals surface area (Å²) < 4.78 is 24.4. The molecule has 5 aliphatic heterocycles. The van der Waals surface area contributed by atoms with Gasteiger partial charge in [0.2, 0.25) is 0 Å². The third-order valence-electron chi connectivity index (χ3n) is 16.0. The van der Waals surface area contributed by atoms with Crippen LogP contribution in [0.2, 0.25) is 50.4 Å². The van der Waals surface area contributed by atoms with Gasteiger partial charge >= 0.3 is 11.9 Å². The van der Waals surface area contributed by atoms with Crippen LogP contribution in [0.15, 0.2) is 76.3 Å². The van der Waals surface area contributed by atoms with Gasteiger partial charge in [-0.15, -0.1) is 0 Å². The van der Waals surface area contributed by atoms with Crippen LogP contribution in [0.5, 0.6) is 0 Å². The molecule has 0 saturated carbocycles. The first kappa shape index (κ1) is 54.1. The van der Waals surface area contributed by atoms with Gasteiger partial charge in [-0.3, -0.25) is 9.59 Å². The van der Waals surface area contributed by atoms with Crippen LogP contribution in [0.3, 0.4) is 0 Å². The number of fused-ring (bicyclic) bond motifs is 10. The summed E-state index contributed by atoms with van der Waals surface area (Å²) in [6.45, 7) is 15.5. The number of carbonyl (C=O) groups excluding carboxylic acids is 2. The van der Waals surface area contributed by atoms with Crippen LogP contribution in [-0.4, -0.2) is 100 Å². The Morgan fingerprint density at radius 3 is 1.75 bits per heavy atom. The molecule has 6 aromatic rings. The summed E-state index contributed by atoms with van der Waals surface area (Å²) in [6, 6.07) is 26.0. The van der Waals surface area contributed by atoms with E-state index in [4.69, 9.17) is 34.0 Å². The van der Waals surface area contributed by atoms with E-state index < -0.39 is 39.3 Å². The number of cyclic esters (lactones) is 2. The van der Waals surface area contributed by atoms with Crippen LogP contribution in [0.1, 0.15) is 84.9 Å². The maximum absolute atomic E-state index is 13.5. The van der Waals surface area contributed by atoms with E-state index in [0.29, 0.717) is 53.3 Å². The Morgan fingerprint density at radius 1 is 0.640 bits per heavy atom. The summed E-state index contributed by atoms with van der Waals surface area (Å²) in [5, 5.41) is 42.2. The minimum absolute atomic E-state index is 0.0518. The second kappa shape index (κ2) is 21.7. The number of aryl methyl sites for hydroxylation is 1. The minimum Gasteiger partial charge on any atom is -0.458 e. The van der Waals surface area contributed by atoms with Gasteiger partial charge in [-0.05, 0) is 74.4 Å². The van der Waals surface area contributed by atoms with Gasteiger partial charge in [-0.2, -0.15) is 0 Å². The van der Waals surface area contributed by atoms with Crippen molar-refractivity contribution in [3.8, 4) is 22.8 Å². The number of hydrogen-bond acceptors (Lipinski definition) is 14. The maximum atomic E-state index is 13.5. The van der Waals surface area contributed by atoms with Crippen molar-refractivity contribution in [3.63, 3.8) is 0 Å². The van der Waals surface area contributed by atoms with E-state index in [1.54, 1.807) is 35.1 Å². The highest BCUT2D eigenvalue weighted by Gasteiger charge is 2.47. The highest BCUT2D eigenvalue weighted by molar-refractivity contribution is 6.77. The predicted molar refractivity (Wildman–Crippen MR) is 291 cm³/mol. The summed E-state index contributed by atoms with van der Waals surface area (Å²) in [4.78, 5) is 60.8. The maximum Gasteiger partial charge on any atom is 0.343 e. The molecule has 4 N–H and O–H groups in total. The molecule has 398 valence electrons. The van der Waals surface area contributed by atoms with Crippen LogP contribution in [0, 0.1) is 0 Å². The molecule has 9 heterocycles. The summed E-state index contributed by atoms with van der Waals surface area (Å²) >= 11 is 0. The Kier molecular flexibility index (Phi) is 15.7. The molecule has 11 rings (SSSR count). The van der Waals surface area contributed by atoms with Gasteiger partial charge in [-0.25, -0.2) is 19.6 Å². The molecule has 1 fully saturated rings. The number of nitrogens with zero attached hydrogens (tertiary/aromatic N) is 4. The number of aliphatic hydroxyl groups excluding tert-OH is 2. The Labute approximate surface area is 438 Å². The number of aromatic nitrogens is 4. The monoisotopic (exact) mass is 1060 g/mol. The second-order valence-corrected chi connectivity index (χ2v) is 32.7. The lowest BCUT2D eigenvalue weighted by Crippen LogP contribution is -2.44. The van der Waals surface area contributed by atoms with Crippen LogP contribution in [0.4, 0.5) is 0 Å². The van der Waals surface area contributed by atoms with Crippen molar-refractivity contribution in [2.45, 2.75) is 147 Å².